The summed E-state index contributed by atoms with van der Waals surface area (Å²) in [6.07, 6.45) is -0.219. The summed E-state index contributed by atoms with van der Waals surface area (Å²) in [5, 5.41) is 13.0. The Bertz CT molecular complexity index is 487. The summed E-state index contributed by atoms with van der Waals surface area (Å²) in [6, 6.07) is 3.96. The molecular formula is C10H9BrN2O4. The average Bonchev–Trinajstić information content (AvgIpc) is 2.19. The molecule has 0 fully saturated rings. The SMILES string of the molecule is CC(=O)CC(=O)Nc1ccc([N+](=O)[O-])cc1Br. The fraction of sp³-hybridized carbons (Fsp3) is 0.200. The second kappa shape index (κ2) is 5.53. The van der Waals surface area contributed by atoms with E-state index in [2.05, 4.69) is 21.2 Å². The zero-order valence-electron chi connectivity index (χ0n) is 8.90. The molecule has 0 saturated heterocycles. The molecule has 1 aromatic carbocycles. The maximum Gasteiger partial charge on any atom is 0.270 e. The smallest absolute Gasteiger partial charge is 0.270 e. The molecule has 7 heteroatoms. The normalized spacial score (nSPS) is 9.76. The lowest BCUT2D eigenvalue weighted by atomic mass is 10.2. The van der Waals surface area contributed by atoms with Crippen molar-refractivity contribution in [1.82, 2.24) is 0 Å². The third-order valence-corrected chi connectivity index (χ3v) is 2.50. The van der Waals surface area contributed by atoms with Crippen molar-refractivity contribution in [1.29, 1.82) is 0 Å². The number of nitro groups is 1. The summed E-state index contributed by atoms with van der Waals surface area (Å²) in [6.45, 7) is 1.31. The van der Waals surface area contributed by atoms with Gasteiger partial charge in [0.25, 0.3) is 5.69 Å². The predicted octanol–water partition coefficient (Wildman–Crippen LogP) is 2.27. The summed E-state index contributed by atoms with van der Waals surface area (Å²) in [5.74, 6) is -0.701. The predicted molar refractivity (Wildman–Crippen MR) is 64.7 cm³/mol. The molecule has 0 bridgehead atoms. The standard InChI is InChI=1S/C10H9BrN2O4/c1-6(14)4-10(15)12-9-3-2-7(13(16)17)5-8(9)11/h2-3,5H,4H2,1H3,(H,12,15). The minimum Gasteiger partial charge on any atom is -0.325 e. The number of rotatable bonds is 4. The lowest BCUT2D eigenvalue weighted by molar-refractivity contribution is -0.384. The number of non-ortho nitro benzene ring substituents is 1. The van der Waals surface area contributed by atoms with Gasteiger partial charge in [-0.15, -0.1) is 0 Å². The van der Waals surface area contributed by atoms with Crippen LogP contribution in [-0.4, -0.2) is 16.6 Å². The number of hydrogen-bond acceptors (Lipinski definition) is 4. The lowest BCUT2D eigenvalue weighted by Crippen LogP contribution is -2.15. The number of amides is 1. The van der Waals surface area contributed by atoms with Crippen molar-refractivity contribution < 1.29 is 14.5 Å². The molecule has 0 spiro atoms. The maximum atomic E-state index is 11.3. The highest BCUT2D eigenvalue weighted by Gasteiger charge is 2.11. The van der Waals surface area contributed by atoms with Gasteiger partial charge in [-0.25, -0.2) is 0 Å². The zero-order valence-corrected chi connectivity index (χ0v) is 10.5. The van der Waals surface area contributed by atoms with Gasteiger partial charge < -0.3 is 5.32 Å². The second-order valence-electron chi connectivity index (χ2n) is 3.35. The number of nitrogens with zero attached hydrogens (tertiary/aromatic N) is 1. The number of anilines is 1. The summed E-state index contributed by atoms with van der Waals surface area (Å²) in [7, 11) is 0. The van der Waals surface area contributed by atoms with Crippen LogP contribution in [0, 0.1) is 10.1 Å². The van der Waals surface area contributed by atoms with Crippen LogP contribution in [0.4, 0.5) is 11.4 Å². The molecule has 90 valence electrons. The van der Waals surface area contributed by atoms with Crippen molar-refractivity contribution in [2.45, 2.75) is 13.3 Å². The second-order valence-corrected chi connectivity index (χ2v) is 4.20. The molecule has 0 radical (unpaired) electrons. The van der Waals surface area contributed by atoms with Gasteiger partial charge in [0, 0.05) is 16.6 Å². The van der Waals surface area contributed by atoms with E-state index in [4.69, 9.17) is 0 Å². The first-order valence-electron chi connectivity index (χ1n) is 4.63. The number of ketones is 1. The van der Waals surface area contributed by atoms with Crippen molar-refractivity contribution in [2.75, 3.05) is 5.32 Å². The number of carbonyl (C=O) groups excluding carboxylic acids is 2. The summed E-state index contributed by atoms with van der Waals surface area (Å²) in [5.41, 5.74) is 0.309. The third-order valence-electron chi connectivity index (χ3n) is 1.85. The topological polar surface area (TPSA) is 89.3 Å². The van der Waals surface area contributed by atoms with Crippen LogP contribution in [0.25, 0.3) is 0 Å². The van der Waals surface area contributed by atoms with Crippen molar-refractivity contribution in [3.05, 3.63) is 32.8 Å². The molecule has 0 heterocycles. The Balaban J connectivity index is 2.83. The molecule has 0 aliphatic carbocycles. The molecule has 0 saturated carbocycles. The number of carbonyl (C=O) groups is 2. The van der Waals surface area contributed by atoms with Crippen LogP contribution in [0.3, 0.4) is 0 Å². The van der Waals surface area contributed by atoms with E-state index in [0.29, 0.717) is 10.2 Å². The molecule has 0 unspecified atom stereocenters. The highest BCUT2D eigenvalue weighted by Crippen LogP contribution is 2.27. The largest absolute Gasteiger partial charge is 0.325 e. The first-order chi connectivity index (χ1) is 7.90. The van der Waals surface area contributed by atoms with E-state index in [0.717, 1.165) is 0 Å². The quantitative estimate of drug-likeness (QED) is 0.525. The monoisotopic (exact) mass is 300 g/mol. The molecule has 1 rings (SSSR count). The van der Waals surface area contributed by atoms with Crippen LogP contribution < -0.4 is 5.32 Å². The van der Waals surface area contributed by atoms with Crippen LogP contribution in [0.15, 0.2) is 22.7 Å². The van der Waals surface area contributed by atoms with Crippen LogP contribution in [0.2, 0.25) is 0 Å². The van der Waals surface area contributed by atoms with Crippen LogP contribution in [0.5, 0.6) is 0 Å². The molecule has 1 aromatic rings. The Morgan fingerprint density at radius 2 is 2.12 bits per heavy atom. The van der Waals surface area contributed by atoms with E-state index in [1.165, 1.54) is 25.1 Å². The molecule has 0 aromatic heterocycles. The minimum atomic E-state index is -0.536. The minimum absolute atomic E-state index is 0.0820. The van der Waals surface area contributed by atoms with Gasteiger partial charge in [-0.1, -0.05) is 0 Å². The van der Waals surface area contributed by atoms with Gasteiger partial charge in [0.05, 0.1) is 17.0 Å². The number of benzene rings is 1. The highest BCUT2D eigenvalue weighted by molar-refractivity contribution is 9.10. The van der Waals surface area contributed by atoms with Crippen molar-refractivity contribution >= 4 is 39.0 Å². The molecule has 6 nitrogen and oxygen atoms in total. The molecule has 0 aliphatic rings. The number of nitro benzene ring substituents is 1. The first kappa shape index (κ1) is 13.3. The van der Waals surface area contributed by atoms with E-state index in [1.54, 1.807) is 0 Å². The molecule has 0 atom stereocenters. The van der Waals surface area contributed by atoms with Gasteiger partial charge in [-0.3, -0.25) is 19.7 Å². The molecule has 1 amide bonds. The third kappa shape index (κ3) is 3.95. The average molecular weight is 301 g/mol. The summed E-state index contributed by atoms with van der Waals surface area (Å²) >= 11 is 3.11. The number of Topliss-reactive ketones (excluding diaryl/α,β-unsaturated/α-hetero) is 1. The van der Waals surface area contributed by atoms with Crippen molar-refractivity contribution in [3.8, 4) is 0 Å². The van der Waals surface area contributed by atoms with E-state index in [-0.39, 0.29) is 17.9 Å². The molecule has 1 N–H and O–H groups in total. The van der Waals surface area contributed by atoms with Gasteiger partial charge in [-0.05, 0) is 28.9 Å². The van der Waals surface area contributed by atoms with Crippen LogP contribution in [0.1, 0.15) is 13.3 Å². The summed E-state index contributed by atoms with van der Waals surface area (Å²) in [4.78, 5) is 32.0. The summed E-state index contributed by atoms with van der Waals surface area (Å²) < 4.78 is 0.392. The Hall–Kier alpha value is -1.76. The van der Waals surface area contributed by atoms with Gasteiger partial charge >= 0.3 is 0 Å². The first-order valence-corrected chi connectivity index (χ1v) is 5.42. The van der Waals surface area contributed by atoms with E-state index >= 15 is 0 Å². The Kier molecular flexibility index (Phi) is 4.33. The van der Waals surface area contributed by atoms with Crippen molar-refractivity contribution in [2.24, 2.45) is 0 Å². The number of hydrogen-bond donors (Lipinski definition) is 1. The zero-order chi connectivity index (χ0) is 13.0. The Morgan fingerprint density at radius 1 is 1.47 bits per heavy atom. The van der Waals surface area contributed by atoms with Crippen LogP contribution in [-0.2, 0) is 9.59 Å². The number of nitrogens with one attached hydrogen (secondary N) is 1. The van der Waals surface area contributed by atoms with Gasteiger partial charge in [0.1, 0.15) is 5.78 Å². The van der Waals surface area contributed by atoms with E-state index in [9.17, 15) is 19.7 Å². The van der Waals surface area contributed by atoms with E-state index < -0.39 is 10.8 Å². The molecule has 17 heavy (non-hydrogen) atoms. The highest BCUT2D eigenvalue weighted by atomic mass is 79.9. The fourth-order valence-corrected chi connectivity index (χ4v) is 1.61. The molecular weight excluding hydrogens is 292 g/mol. The fourth-order valence-electron chi connectivity index (χ4n) is 1.14. The number of halogens is 1. The molecule has 0 aliphatic heterocycles. The van der Waals surface area contributed by atoms with Crippen LogP contribution >= 0.6 is 15.9 Å². The van der Waals surface area contributed by atoms with Gasteiger partial charge in [0.15, 0.2) is 0 Å². The van der Waals surface area contributed by atoms with Gasteiger partial charge in [0.2, 0.25) is 5.91 Å². The van der Waals surface area contributed by atoms with Crippen molar-refractivity contribution in [3.63, 3.8) is 0 Å². The Morgan fingerprint density at radius 3 is 2.59 bits per heavy atom. The van der Waals surface area contributed by atoms with E-state index in [1.807, 2.05) is 0 Å². The maximum absolute atomic E-state index is 11.3. The lowest BCUT2D eigenvalue weighted by Gasteiger charge is -2.05. The Labute approximate surface area is 105 Å². The van der Waals surface area contributed by atoms with Gasteiger partial charge in [-0.2, -0.15) is 0 Å².